The molecule has 80 valence electrons. The van der Waals surface area contributed by atoms with Crippen LogP contribution >= 0.6 is 0 Å². The highest BCUT2D eigenvalue weighted by Crippen LogP contribution is 2.45. The van der Waals surface area contributed by atoms with Gasteiger partial charge in [-0.15, -0.1) is 0 Å². The second kappa shape index (κ2) is 3.54. The monoisotopic (exact) mass is 197 g/mol. The minimum absolute atomic E-state index is 0.0979. The number of nitrogens with zero attached hydrogens (tertiary/aromatic N) is 1. The maximum absolute atomic E-state index is 11.3. The van der Waals surface area contributed by atoms with Crippen molar-refractivity contribution in [3.63, 3.8) is 0 Å². The lowest BCUT2D eigenvalue weighted by Crippen LogP contribution is -2.32. The minimum atomic E-state index is -0.330. The van der Waals surface area contributed by atoms with Gasteiger partial charge in [-0.2, -0.15) is 0 Å². The number of aliphatic hydroxyl groups excluding tert-OH is 1. The van der Waals surface area contributed by atoms with E-state index in [0.717, 1.165) is 24.9 Å². The Kier molecular flexibility index (Phi) is 2.52. The third-order valence-electron chi connectivity index (χ3n) is 4.23. The number of hydrogen-bond acceptors (Lipinski definition) is 2. The van der Waals surface area contributed by atoms with E-state index in [1.165, 1.54) is 6.42 Å². The van der Waals surface area contributed by atoms with Crippen LogP contribution in [0.3, 0.4) is 0 Å². The minimum Gasteiger partial charge on any atom is -0.387 e. The molecular formula is C11H19NO2. The number of amides is 1. The first-order valence-electron chi connectivity index (χ1n) is 5.52. The van der Waals surface area contributed by atoms with Crippen molar-refractivity contribution >= 4 is 5.91 Å². The van der Waals surface area contributed by atoms with Gasteiger partial charge in [0.15, 0.2) is 0 Å². The van der Waals surface area contributed by atoms with Gasteiger partial charge in [0.2, 0.25) is 5.91 Å². The molecule has 2 aliphatic rings. The van der Waals surface area contributed by atoms with Gasteiger partial charge in [-0.05, 0) is 30.1 Å². The molecule has 1 saturated heterocycles. The zero-order chi connectivity index (χ0) is 10.3. The number of fused-ring (bicyclic) bond motifs is 1. The molecule has 2 rings (SSSR count). The van der Waals surface area contributed by atoms with Crippen molar-refractivity contribution in [1.82, 2.24) is 4.90 Å². The molecule has 0 unspecified atom stereocenters. The van der Waals surface area contributed by atoms with E-state index >= 15 is 0 Å². The van der Waals surface area contributed by atoms with E-state index in [-0.39, 0.29) is 12.5 Å². The normalized spacial score (nSPS) is 41.5. The van der Waals surface area contributed by atoms with Crippen LogP contribution in [0.5, 0.6) is 0 Å². The van der Waals surface area contributed by atoms with Crippen molar-refractivity contribution in [2.75, 3.05) is 19.7 Å². The fourth-order valence-corrected chi connectivity index (χ4v) is 3.16. The predicted molar refractivity (Wildman–Crippen MR) is 53.6 cm³/mol. The lowest BCUT2D eigenvalue weighted by molar-refractivity contribution is -0.133. The molecule has 1 aliphatic carbocycles. The molecule has 0 bridgehead atoms. The summed E-state index contributed by atoms with van der Waals surface area (Å²) in [6.07, 6.45) is 1.25. The summed E-state index contributed by atoms with van der Waals surface area (Å²) in [7, 11) is 0. The first-order valence-corrected chi connectivity index (χ1v) is 5.52. The Labute approximate surface area is 85.1 Å². The summed E-state index contributed by atoms with van der Waals surface area (Å²) in [5.41, 5.74) is 0. The number of likely N-dealkylation sites (tertiary alicyclic amines) is 1. The molecule has 4 atom stereocenters. The molecule has 0 spiro atoms. The van der Waals surface area contributed by atoms with Gasteiger partial charge in [0.1, 0.15) is 6.61 Å². The topological polar surface area (TPSA) is 40.5 Å². The maximum Gasteiger partial charge on any atom is 0.248 e. The van der Waals surface area contributed by atoms with Gasteiger partial charge in [0.05, 0.1) is 0 Å². The van der Waals surface area contributed by atoms with Crippen LogP contribution in [0, 0.1) is 23.7 Å². The van der Waals surface area contributed by atoms with Gasteiger partial charge in [-0.1, -0.05) is 13.8 Å². The van der Waals surface area contributed by atoms with Crippen molar-refractivity contribution in [3.8, 4) is 0 Å². The highest BCUT2D eigenvalue weighted by molar-refractivity contribution is 5.77. The number of carbonyl (C=O) groups is 1. The van der Waals surface area contributed by atoms with Crippen LogP contribution in [-0.2, 0) is 4.79 Å². The summed E-state index contributed by atoms with van der Waals surface area (Å²) < 4.78 is 0. The second-order valence-electron chi connectivity index (χ2n) is 4.95. The third kappa shape index (κ3) is 1.44. The lowest BCUT2D eigenvalue weighted by atomic mass is 9.91. The van der Waals surface area contributed by atoms with Crippen molar-refractivity contribution < 1.29 is 9.90 Å². The smallest absolute Gasteiger partial charge is 0.248 e. The fourth-order valence-electron chi connectivity index (χ4n) is 3.16. The average molecular weight is 197 g/mol. The van der Waals surface area contributed by atoms with Crippen LogP contribution in [0.15, 0.2) is 0 Å². The summed E-state index contributed by atoms with van der Waals surface area (Å²) in [4.78, 5) is 13.1. The third-order valence-corrected chi connectivity index (χ3v) is 4.23. The molecule has 0 radical (unpaired) electrons. The van der Waals surface area contributed by atoms with Crippen LogP contribution in [0.25, 0.3) is 0 Å². The van der Waals surface area contributed by atoms with Crippen LogP contribution in [0.1, 0.15) is 20.3 Å². The van der Waals surface area contributed by atoms with Crippen molar-refractivity contribution in [2.24, 2.45) is 23.7 Å². The number of rotatable bonds is 1. The zero-order valence-electron chi connectivity index (χ0n) is 8.94. The highest BCUT2D eigenvalue weighted by Gasteiger charge is 2.44. The average Bonchev–Trinajstić information content (AvgIpc) is 2.68. The van der Waals surface area contributed by atoms with Crippen LogP contribution in [0.2, 0.25) is 0 Å². The fraction of sp³-hybridized carbons (Fsp3) is 0.909. The summed E-state index contributed by atoms with van der Waals surface area (Å²) in [6, 6.07) is 0. The van der Waals surface area contributed by atoms with Gasteiger partial charge in [-0.3, -0.25) is 4.79 Å². The van der Waals surface area contributed by atoms with E-state index in [2.05, 4.69) is 13.8 Å². The first kappa shape index (κ1) is 9.97. The van der Waals surface area contributed by atoms with Crippen molar-refractivity contribution in [3.05, 3.63) is 0 Å². The Morgan fingerprint density at radius 3 is 2.71 bits per heavy atom. The first-order chi connectivity index (χ1) is 6.63. The molecule has 1 saturated carbocycles. The quantitative estimate of drug-likeness (QED) is 0.673. The van der Waals surface area contributed by atoms with Crippen LogP contribution in [-0.4, -0.2) is 35.6 Å². The van der Waals surface area contributed by atoms with Crippen LogP contribution < -0.4 is 0 Å². The molecule has 3 heteroatoms. The van der Waals surface area contributed by atoms with E-state index in [1.54, 1.807) is 0 Å². The Balaban J connectivity index is 2.00. The Hall–Kier alpha value is -0.570. The largest absolute Gasteiger partial charge is 0.387 e. The molecule has 14 heavy (non-hydrogen) atoms. The van der Waals surface area contributed by atoms with Crippen LogP contribution in [0.4, 0.5) is 0 Å². The standard InChI is InChI=1S/C11H19NO2/c1-7-3-9-4-12(11(14)6-13)5-10(9)8(7)2/h7-10,13H,3-6H2,1-2H3/t7-,8-,9+,10+/m0/s1. The summed E-state index contributed by atoms with van der Waals surface area (Å²) in [5.74, 6) is 2.81. The van der Waals surface area contributed by atoms with E-state index in [4.69, 9.17) is 5.11 Å². The maximum atomic E-state index is 11.3. The van der Waals surface area contributed by atoms with Gasteiger partial charge in [-0.25, -0.2) is 0 Å². The summed E-state index contributed by atoms with van der Waals surface area (Å²) in [6.45, 7) is 6.02. The molecule has 2 fully saturated rings. The molecule has 3 nitrogen and oxygen atoms in total. The Bertz CT molecular complexity index is 241. The number of carbonyl (C=O) groups excluding carboxylic acids is 1. The molecule has 1 N–H and O–H groups in total. The van der Waals surface area contributed by atoms with Gasteiger partial charge in [0, 0.05) is 13.1 Å². The lowest BCUT2D eigenvalue weighted by Gasteiger charge is -2.20. The SMILES string of the molecule is C[C@@H]1[C@H]2CN(C(=O)CO)C[C@H]2C[C@@H]1C. The molecular weight excluding hydrogens is 178 g/mol. The molecule has 0 aromatic rings. The molecule has 1 amide bonds. The number of hydrogen-bond donors (Lipinski definition) is 1. The molecule has 0 aromatic heterocycles. The van der Waals surface area contributed by atoms with E-state index < -0.39 is 0 Å². The zero-order valence-corrected chi connectivity index (χ0v) is 8.94. The van der Waals surface area contributed by atoms with Gasteiger partial charge < -0.3 is 10.0 Å². The predicted octanol–water partition coefficient (Wildman–Crippen LogP) is 0.729. The Morgan fingerprint density at radius 2 is 2.14 bits per heavy atom. The van der Waals surface area contributed by atoms with E-state index in [0.29, 0.717) is 11.8 Å². The second-order valence-corrected chi connectivity index (χ2v) is 4.95. The molecule has 1 aliphatic heterocycles. The van der Waals surface area contributed by atoms with Crippen molar-refractivity contribution in [1.29, 1.82) is 0 Å². The van der Waals surface area contributed by atoms with Crippen molar-refractivity contribution in [2.45, 2.75) is 20.3 Å². The van der Waals surface area contributed by atoms with E-state index in [9.17, 15) is 4.79 Å². The molecule has 0 aromatic carbocycles. The Morgan fingerprint density at radius 1 is 1.43 bits per heavy atom. The number of aliphatic hydroxyl groups is 1. The molecule has 1 heterocycles. The van der Waals surface area contributed by atoms with Gasteiger partial charge in [0.25, 0.3) is 0 Å². The van der Waals surface area contributed by atoms with E-state index in [1.807, 2.05) is 4.90 Å². The highest BCUT2D eigenvalue weighted by atomic mass is 16.3. The van der Waals surface area contributed by atoms with Gasteiger partial charge >= 0.3 is 0 Å². The summed E-state index contributed by atoms with van der Waals surface area (Å²) in [5, 5.41) is 8.79. The summed E-state index contributed by atoms with van der Waals surface area (Å²) >= 11 is 0.